The second-order valence-corrected chi connectivity index (χ2v) is 7.32. The zero-order valence-electron chi connectivity index (χ0n) is 15.4. The second kappa shape index (κ2) is 7.35. The van der Waals surface area contributed by atoms with E-state index in [0.717, 1.165) is 13.0 Å². The third-order valence-electron chi connectivity index (χ3n) is 5.22. The van der Waals surface area contributed by atoms with Crippen LogP contribution in [0.15, 0.2) is 48.5 Å². The third kappa shape index (κ3) is 3.34. The molecule has 1 aromatic heterocycles. The molecule has 1 fully saturated rings. The summed E-state index contributed by atoms with van der Waals surface area (Å²) in [6.07, 6.45) is 0.618. The number of nitrogens with zero attached hydrogens (tertiary/aromatic N) is 1. The van der Waals surface area contributed by atoms with Gasteiger partial charge >= 0.3 is 0 Å². The van der Waals surface area contributed by atoms with Crippen molar-refractivity contribution in [1.82, 2.24) is 20.7 Å². The van der Waals surface area contributed by atoms with E-state index in [4.69, 9.17) is 11.6 Å². The summed E-state index contributed by atoms with van der Waals surface area (Å²) < 4.78 is 2.35. The SMILES string of the molecule is CCn1c(C2CC(NC(=O)c3cccc(Cl)c3)NN2)c(C)c2ccccc21. The minimum atomic E-state index is -0.149. The normalized spacial score (nSPS) is 19.5. The Morgan fingerprint density at radius 3 is 2.81 bits per heavy atom. The maximum atomic E-state index is 12.5. The van der Waals surface area contributed by atoms with Crippen molar-refractivity contribution in [2.24, 2.45) is 0 Å². The first-order chi connectivity index (χ1) is 13.1. The number of hydrogen-bond acceptors (Lipinski definition) is 3. The van der Waals surface area contributed by atoms with Gasteiger partial charge in [0.25, 0.3) is 5.91 Å². The third-order valence-corrected chi connectivity index (χ3v) is 5.45. The number of carbonyl (C=O) groups is 1. The predicted octanol–water partition coefficient (Wildman–Crippen LogP) is 3.92. The van der Waals surface area contributed by atoms with Gasteiger partial charge in [0.15, 0.2) is 0 Å². The first-order valence-electron chi connectivity index (χ1n) is 9.23. The largest absolute Gasteiger partial charge is 0.343 e. The zero-order valence-corrected chi connectivity index (χ0v) is 16.2. The number of benzene rings is 2. The van der Waals surface area contributed by atoms with E-state index in [1.807, 2.05) is 0 Å². The van der Waals surface area contributed by atoms with Crippen LogP contribution in [0.3, 0.4) is 0 Å². The molecular weight excluding hydrogens is 360 g/mol. The van der Waals surface area contributed by atoms with Crippen LogP contribution in [0.1, 0.15) is 41.0 Å². The van der Waals surface area contributed by atoms with Crippen molar-refractivity contribution >= 4 is 28.4 Å². The fraction of sp³-hybridized carbons (Fsp3) is 0.286. The van der Waals surface area contributed by atoms with Gasteiger partial charge in [0, 0.05) is 40.1 Å². The van der Waals surface area contributed by atoms with E-state index in [1.165, 1.54) is 22.2 Å². The number of fused-ring (bicyclic) bond motifs is 1. The minimum absolute atomic E-state index is 0.127. The number of hydrogen-bond donors (Lipinski definition) is 3. The van der Waals surface area contributed by atoms with E-state index in [0.29, 0.717) is 10.6 Å². The van der Waals surface area contributed by atoms with Crippen LogP contribution in [-0.2, 0) is 6.54 Å². The first kappa shape index (κ1) is 18.0. The summed E-state index contributed by atoms with van der Waals surface area (Å²) in [5.41, 5.74) is 10.9. The zero-order chi connectivity index (χ0) is 19.0. The molecule has 3 aromatic rings. The number of halogens is 1. The van der Waals surface area contributed by atoms with Gasteiger partial charge in [-0.05, 0) is 43.7 Å². The number of aromatic nitrogens is 1. The molecule has 2 aromatic carbocycles. The standard InChI is InChI=1S/C21H23ClN4O/c1-3-26-18-10-5-4-9-16(18)13(2)20(26)17-12-19(25-24-17)23-21(27)14-7-6-8-15(22)11-14/h4-11,17,19,24-25H,3,12H2,1-2H3,(H,23,27). The molecule has 0 aliphatic carbocycles. The van der Waals surface area contributed by atoms with Gasteiger partial charge in [0.2, 0.25) is 0 Å². The molecule has 2 atom stereocenters. The maximum absolute atomic E-state index is 12.5. The van der Waals surface area contributed by atoms with Gasteiger partial charge in [0.05, 0.1) is 12.2 Å². The maximum Gasteiger partial charge on any atom is 0.252 e. The summed E-state index contributed by atoms with van der Waals surface area (Å²) in [6.45, 7) is 5.24. The highest BCUT2D eigenvalue weighted by Gasteiger charge is 2.30. The molecule has 5 nitrogen and oxygen atoms in total. The van der Waals surface area contributed by atoms with Crippen LogP contribution in [0.2, 0.25) is 5.02 Å². The lowest BCUT2D eigenvalue weighted by Gasteiger charge is -2.15. The summed E-state index contributed by atoms with van der Waals surface area (Å²) in [4.78, 5) is 12.5. The Kier molecular flexibility index (Phi) is 4.91. The highest BCUT2D eigenvalue weighted by atomic mass is 35.5. The van der Waals surface area contributed by atoms with Gasteiger partial charge in [-0.25, -0.2) is 10.9 Å². The second-order valence-electron chi connectivity index (χ2n) is 6.89. The predicted molar refractivity (Wildman–Crippen MR) is 109 cm³/mol. The smallest absolute Gasteiger partial charge is 0.252 e. The number of rotatable bonds is 4. The molecule has 0 bridgehead atoms. The van der Waals surface area contributed by atoms with Gasteiger partial charge in [-0.15, -0.1) is 0 Å². The average Bonchev–Trinajstić information content (AvgIpc) is 3.24. The van der Waals surface area contributed by atoms with Crippen molar-refractivity contribution in [2.75, 3.05) is 0 Å². The summed E-state index contributed by atoms with van der Waals surface area (Å²) >= 11 is 5.99. The molecular formula is C21H23ClN4O. The summed E-state index contributed by atoms with van der Waals surface area (Å²) in [6, 6.07) is 15.6. The molecule has 2 unspecified atom stereocenters. The van der Waals surface area contributed by atoms with Gasteiger partial charge in [0.1, 0.15) is 0 Å². The molecule has 0 radical (unpaired) electrons. The summed E-state index contributed by atoms with van der Waals surface area (Å²) in [5.74, 6) is -0.134. The van der Waals surface area contributed by atoms with Crippen molar-refractivity contribution in [3.8, 4) is 0 Å². The van der Waals surface area contributed by atoms with Gasteiger partial charge in [-0.2, -0.15) is 0 Å². The molecule has 2 heterocycles. The molecule has 1 amide bonds. The summed E-state index contributed by atoms with van der Waals surface area (Å²) in [7, 11) is 0. The lowest BCUT2D eigenvalue weighted by Crippen LogP contribution is -2.44. The fourth-order valence-electron chi connectivity index (χ4n) is 3.99. The highest BCUT2D eigenvalue weighted by Crippen LogP contribution is 2.32. The van der Waals surface area contributed by atoms with Gasteiger partial charge < -0.3 is 9.88 Å². The monoisotopic (exact) mass is 382 g/mol. The number of nitrogens with one attached hydrogen (secondary N) is 3. The Labute approximate surface area is 163 Å². The Balaban J connectivity index is 1.54. The van der Waals surface area contributed by atoms with E-state index in [1.54, 1.807) is 24.3 Å². The number of hydrazine groups is 1. The van der Waals surface area contributed by atoms with E-state index >= 15 is 0 Å². The van der Waals surface area contributed by atoms with Gasteiger partial charge in [-0.1, -0.05) is 35.9 Å². The van der Waals surface area contributed by atoms with Crippen LogP contribution >= 0.6 is 11.6 Å². The van der Waals surface area contributed by atoms with Crippen LogP contribution in [0.4, 0.5) is 0 Å². The number of para-hydroxylation sites is 1. The topological polar surface area (TPSA) is 58.1 Å². The Hall–Kier alpha value is -2.34. The van der Waals surface area contributed by atoms with Gasteiger partial charge in [-0.3, -0.25) is 4.79 Å². The Morgan fingerprint density at radius 1 is 1.22 bits per heavy atom. The fourth-order valence-corrected chi connectivity index (χ4v) is 4.18. The van der Waals surface area contributed by atoms with Crippen LogP contribution in [0.25, 0.3) is 10.9 Å². The van der Waals surface area contributed by atoms with Crippen molar-refractivity contribution in [3.63, 3.8) is 0 Å². The minimum Gasteiger partial charge on any atom is -0.343 e. The average molecular weight is 383 g/mol. The number of carbonyl (C=O) groups excluding carboxylic acids is 1. The Morgan fingerprint density at radius 2 is 2.04 bits per heavy atom. The number of amides is 1. The Bertz CT molecular complexity index is 997. The van der Waals surface area contributed by atoms with Crippen LogP contribution in [0.5, 0.6) is 0 Å². The molecule has 0 spiro atoms. The quantitative estimate of drug-likeness (QED) is 0.641. The molecule has 3 N–H and O–H groups in total. The molecule has 140 valence electrons. The molecule has 4 rings (SSSR count). The van der Waals surface area contributed by atoms with E-state index < -0.39 is 0 Å². The van der Waals surface area contributed by atoms with Crippen molar-refractivity contribution in [1.29, 1.82) is 0 Å². The van der Waals surface area contributed by atoms with E-state index in [9.17, 15) is 4.79 Å². The van der Waals surface area contributed by atoms with Crippen LogP contribution < -0.4 is 16.2 Å². The van der Waals surface area contributed by atoms with Crippen LogP contribution in [0, 0.1) is 6.92 Å². The highest BCUT2D eigenvalue weighted by molar-refractivity contribution is 6.30. The number of aryl methyl sites for hydroxylation is 2. The van der Waals surface area contributed by atoms with Crippen LogP contribution in [-0.4, -0.2) is 16.6 Å². The molecule has 1 aliphatic heterocycles. The molecule has 0 saturated carbocycles. The lowest BCUT2D eigenvalue weighted by molar-refractivity contribution is 0.0932. The lowest BCUT2D eigenvalue weighted by atomic mass is 10.1. The van der Waals surface area contributed by atoms with Crippen molar-refractivity contribution < 1.29 is 4.79 Å². The van der Waals surface area contributed by atoms with E-state index in [2.05, 4.69) is 58.8 Å². The molecule has 6 heteroatoms. The summed E-state index contributed by atoms with van der Waals surface area (Å²) in [5, 5.41) is 4.87. The molecule has 1 aliphatic rings. The van der Waals surface area contributed by atoms with Crippen molar-refractivity contribution in [3.05, 3.63) is 70.4 Å². The molecule has 1 saturated heterocycles. The van der Waals surface area contributed by atoms with E-state index in [-0.39, 0.29) is 18.1 Å². The van der Waals surface area contributed by atoms with Crippen molar-refractivity contribution in [2.45, 2.75) is 39.0 Å². The molecule has 27 heavy (non-hydrogen) atoms. The first-order valence-corrected chi connectivity index (χ1v) is 9.61.